The molecule has 2 rings (SSSR count). The van der Waals surface area contributed by atoms with Gasteiger partial charge in [0.15, 0.2) is 0 Å². The van der Waals surface area contributed by atoms with E-state index in [4.69, 9.17) is 9.84 Å². The lowest BCUT2D eigenvalue weighted by Crippen LogP contribution is -2.26. The van der Waals surface area contributed by atoms with Crippen LogP contribution in [-0.4, -0.2) is 28.7 Å². The Morgan fingerprint density at radius 1 is 1.62 bits per heavy atom. The molecule has 1 atom stereocenters. The van der Waals surface area contributed by atoms with Crippen molar-refractivity contribution < 1.29 is 14.6 Å². The number of carboxylic acid groups (broad SMARTS) is 1. The molecule has 0 radical (unpaired) electrons. The van der Waals surface area contributed by atoms with E-state index < -0.39 is 6.09 Å². The van der Waals surface area contributed by atoms with Gasteiger partial charge in [0, 0.05) is 13.0 Å². The van der Waals surface area contributed by atoms with E-state index in [1.165, 1.54) is 4.90 Å². The second-order valence-electron chi connectivity index (χ2n) is 4.99. The summed E-state index contributed by atoms with van der Waals surface area (Å²) in [6.45, 7) is 4.08. The fourth-order valence-corrected chi connectivity index (χ4v) is 2.37. The average molecular weight is 223 g/mol. The predicted molar refractivity (Wildman–Crippen MR) is 59.8 cm³/mol. The fourth-order valence-electron chi connectivity index (χ4n) is 2.37. The Morgan fingerprint density at radius 3 is 2.94 bits per heavy atom. The van der Waals surface area contributed by atoms with E-state index in [1.54, 1.807) is 7.05 Å². The molecule has 1 fully saturated rings. The highest BCUT2D eigenvalue weighted by molar-refractivity contribution is 5.68. The van der Waals surface area contributed by atoms with Crippen LogP contribution in [0.15, 0.2) is 23.6 Å². The fraction of sp³-hybridized carbons (Fsp3) is 0.583. The van der Waals surface area contributed by atoms with Crippen LogP contribution in [-0.2, 0) is 4.74 Å². The monoisotopic (exact) mass is 223 g/mol. The molecule has 1 heterocycles. The van der Waals surface area contributed by atoms with Gasteiger partial charge in [0.25, 0.3) is 0 Å². The molecule has 0 saturated carbocycles. The van der Waals surface area contributed by atoms with E-state index in [-0.39, 0.29) is 5.60 Å². The van der Waals surface area contributed by atoms with E-state index in [9.17, 15) is 4.79 Å². The van der Waals surface area contributed by atoms with Crippen LogP contribution in [0.5, 0.6) is 0 Å². The number of hydrogen-bond acceptors (Lipinski definition) is 2. The number of nitrogens with zero attached hydrogens (tertiary/aromatic N) is 1. The molecule has 16 heavy (non-hydrogen) atoms. The zero-order valence-corrected chi connectivity index (χ0v) is 9.86. The molecule has 2 aliphatic rings. The minimum Gasteiger partial charge on any atom is -0.490 e. The van der Waals surface area contributed by atoms with Crippen LogP contribution in [0, 0.1) is 5.92 Å². The summed E-state index contributed by atoms with van der Waals surface area (Å²) >= 11 is 0. The summed E-state index contributed by atoms with van der Waals surface area (Å²) in [5.41, 5.74) is 0.491. The van der Waals surface area contributed by atoms with Crippen LogP contribution in [0.25, 0.3) is 0 Å². The van der Waals surface area contributed by atoms with Gasteiger partial charge in [0.05, 0.1) is 5.70 Å². The lowest BCUT2D eigenvalue weighted by molar-refractivity contribution is 0.0717. The van der Waals surface area contributed by atoms with Crippen LogP contribution in [0.2, 0.25) is 0 Å². The Morgan fingerprint density at radius 2 is 2.31 bits per heavy atom. The van der Waals surface area contributed by atoms with E-state index in [0.717, 1.165) is 18.6 Å². The normalized spacial score (nSPS) is 26.3. The number of rotatable bonds is 1. The smallest absolute Gasteiger partial charge is 0.411 e. The first kappa shape index (κ1) is 11.0. The Kier molecular flexibility index (Phi) is 2.45. The first-order valence-corrected chi connectivity index (χ1v) is 5.47. The molecule has 1 amide bonds. The topological polar surface area (TPSA) is 49.8 Å². The third-order valence-electron chi connectivity index (χ3n) is 3.09. The van der Waals surface area contributed by atoms with Crippen LogP contribution >= 0.6 is 0 Å². The molecule has 1 aliphatic heterocycles. The highest BCUT2D eigenvalue weighted by atomic mass is 16.5. The van der Waals surface area contributed by atoms with Crippen LogP contribution in [0.4, 0.5) is 4.79 Å². The lowest BCUT2D eigenvalue weighted by atomic mass is 9.90. The molecule has 0 aromatic carbocycles. The van der Waals surface area contributed by atoms with Gasteiger partial charge in [-0.15, -0.1) is 0 Å². The number of fused-ring (bicyclic) bond motifs is 1. The SMILES string of the molecule is CN(C(=O)O)C1=C2OC(C)(C)CC2CC=C1. The number of allylic oxidation sites excluding steroid dienone is 3. The second kappa shape index (κ2) is 3.54. The number of amides is 1. The van der Waals surface area contributed by atoms with Crippen molar-refractivity contribution in [3.05, 3.63) is 23.6 Å². The summed E-state index contributed by atoms with van der Waals surface area (Å²) in [6, 6.07) is 0. The van der Waals surface area contributed by atoms with Crippen molar-refractivity contribution in [3.8, 4) is 0 Å². The Balaban J connectivity index is 2.35. The first-order valence-electron chi connectivity index (χ1n) is 5.47. The molecular weight excluding hydrogens is 206 g/mol. The average Bonchev–Trinajstić information content (AvgIpc) is 2.49. The van der Waals surface area contributed by atoms with E-state index in [0.29, 0.717) is 11.6 Å². The largest absolute Gasteiger partial charge is 0.490 e. The highest BCUT2D eigenvalue weighted by Gasteiger charge is 2.40. The summed E-state index contributed by atoms with van der Waals surface area (Å²) < 4.78 is 5.86. The maximum atomic E-state index is 11.0. The Labute approximate surface area is 95.2 Å². The second-order valence-corrected chi connectivity index (χ2v) is 4.99. The minimum absolute atomic E-state index is 0.184. The van der Waals surface area contributed by atoms with Crippen molar-refractivity contribution in [2.24, 2.45) is 5.92 Å². The summed E-state index contributed by atoms with van der Waals surface area (Å²) in [4.78, 5) is 12.2. The van der Waals surface area contributed by atoms with Gasteiger partial charge in [0.2, 0.25) is 0 Å². The van der Waals surface area contributed by atoms with Gasteiger partial charge in [-0.3, -0.25) is 4.90 Å². The van der Waals surface area contributed by atoms with Crippen LogP contribution in [0.3, 0.4) is 0 Å². The number of carbonyl (C=O) groups is 1. The molecule has 1 unspecified atom stereocenters. The van der Waals surface area contributed by atoms with E-state index in [2.05, 4.69) is 0 Å². The number of hydrogen-bond donors (Lipinski definition) is 1. The minimum atomic E-state index is -0.957. The molecule has 1 saturated heterocycles. The van der Waals surface area contributed by atoms with Crippen molar-refractivity contribution in [3.63, 3.8) is 0 Å². The van der Waals surface area contributed by atoms with Crippen molar-refractivity contribution in [1.82, 2.24) is 4.90 Å². The van der Waals surface area contributed by atoms with Crippen molar-refractivity contribution in [2.75, 3.05) is 7.05 Å². The van der Waals surface area contributed by atoms with E-state index in [1.807, 2.05) is 26.0 Å². The molecule has 1 N–H and O–H groups in total. The van der Waals surface area contributed by atoms with Crippen molar-refractivity contribution >= 4 is 6.09 Å². The molecule has 0 aromatic heterocycles. The van der Waals surface area contributed by atoms with Gasteiger partial charge in [0.1, 0.15) is 11.4 Å². The maximum Gasteiger partial charge on any atom is 0.411 e. The Bertz CT molecular complexity index is 382. The van der Waals surface area contributed by atoms with Gasteiger partial charge in [-0.2, -0.15) is 0 Å². The van der Waals surface area contributed by atoms with Crippen LogP contribution in [0.1, 0.15) is 26.7 Å². The lowest BCUT2D eigenvalue weighted by Gasteiger charge is -2.23. The number of ether oxygens (including phenoxy) is 1. The van der Waals surface area contributed by atoms with E-state index >= 15 is 0 Å². The predicted octanol–water partition coefficient (Wildman–Crippen LogP) is 2.58. The standard InChI is InChI=1S/C12H17NO3/c1-12(2)7-8-5-4-6-9(10(8)16-12)13(3)11(14)15/h4,6,8H,5,7H2,1-3H3,(H,14,15). The zero-order valence-electron chi connectivity index (χ0n) is 9.86. The molecule has 4 heteroatoms. The summed E-state index contributed by atoms with van der Waals surface area (Å²) in [5, 5.41) is 8.99. The third kappa shape index (κ3) is 1.79. The quantitative estimate of drug-likeness (QED) is 0.743. The summed E-state index contributed by atoms with van der Waals surface area (Å²) in [5.74, 6) is 1.16. The van der Waals surface area contributed by atoms with Gasteiger partial charge < -0.3 is 9.84 Å². The summed E-state index contributed by atoms with van der Waals surface area (Å²) in [6.07, 6.45) is 4.79. The zero-order chi connectivity index (χ0) is 11.9. The van der Waals surface area contributed by atoms with Gasteiger partial charge in [-0.1, -0.05) is 6.08 Å². The third-order valence-corrected chi connectivity index (χ3v) is 3.09. The van der Waals surface area contributed by atoms with Gasteiger partial charge >= 0.3 is 6.09 Å². The maximum absolute atomic E-state index is 11.0. The summed E-state index contributed by atoms with van der Waals surface area (Å²) in [7, 11) is 1.55. The number of likely N-dealkylation sites (N-methyl/N-ethyl adjacent to an activating group) is 1. The molecular formula is C12H17NO3. The highest BCUT2D eigenvalue weighted by Crippen LogP contribution is 2.43. The molecule has 0 spiro atoms. The molecule has 1 aliphatic carbocycles. The molecule has 0 bridgehead atoms. The van der Waals surface area contributed by atoms with Gasteiger partial charge in [-0.25, -0.2) is 4.79 Å². The Hall–Kier alpha value is -1.45. The molecule has 4 nitrogen and oxygen atoms in total. The van der Waals surface area contributed by atoms with Crippen molar-refractivity contribution in [2.45, 2.75) is 32.3 Å². The molecule has 88 valence electrons. The van der Waals surface area contributed by atoms with Crippen molar-refractivity contribution in [1.29, 1.82) is 0 Å². The molecule has 0 aromatic rings. The first-order chi connectivity index (χ1) is 7.41. The van der Waals surface area contributed by atoms with Crippen LogP contribution < -0.4 is 0 Å². The van der Waals surface area contributed by atoms with Gasteiger partial charge in [-0.05, 0) is 32.8 Å².